The first-order valence-electron chi connectivity index (χ1n) is 11.2. The number of rotatable bonds is 8. The molecular formula is C25H30N4O2S. The summed E-state index contributed by atoms with van der Waals surface area (Å²) < 4.78 is 8.11. The molecule has 0 bridgehead atoms. The number of amides is 1. The summed E-state index contributed by atoms with van der Waals surface area (Å²) in [4.78, 5) is 12.5. The van der Waals surface area contributed by atoms with Crippen LogP contribution in [0, 0.1) is 13.8 Å². The molecule has 168 valence electrons. The predicted molar refractivity (Wildman–Crippen MR) is 129 cm³/mol. The molecule has 32 heavy (non-hydrogen) atoms. The van der Waals surface area contributed by atoms with Gasteiger partial charge in [-0.25, -0.2) is 0 Å². The summed E-state index contributed by atoms with van der Waals surface area (Å²) in [5.41, 5.74) is 4.01. The van der Waals surface area contributed by atoms with Gasteiger partial charge < -0.3 is 14.6 Å². The molecule has 1 fully saturated rings. The van der Waals surface area contributed by atoms with Crippen LogP contribution in [0.4, 0.5) is 5.69 Å². The lowest BCUT2D eigenvalue weighted by atomic mass is 10.1. The molecule has 1 aliphatic carbocycles. The van der Waals surface area contributed by atoms with E-state index in [4.69, 9.17) is 4.74 Å². The maximum atomic E-state index is 12.5. The molecule has 0 aliphatic heterocycles. The van der Waals surface area contributed by atoms with E-state index in [0.29, 0.717) is 6.10 Å². The topological polar surface area (TPSA) is 69.0 Å². The van der Waals surface area contributed by atoms with Crippen molar-refractivity contribution < 1.29 is 9.53 Å². The van der Waals surface area contributed by atoms with Gasteiger partial charge in [0.15, 0.2) is 11.0 Å². The number of carbonyl (C=O) groups is 1. The fourth-order valence-electron chi connectivity index (χ4n) is 3.96. The van der Waals surface area contributed by atoms with Crippen LogP contribution in [-0.4, -0.2) is 32.5 Å². The van der Waals surface area contributed by atoms with Gasteiger partial charge in [-0.05, 0) is 87.9 Å². The summed E-state index contributed by atoms with van der Waals surface area (Å²) in [6, 6.07) is 14.1. The van der Waals surface area contributed by atoms with Gasteiger partial charge in [0.2, 0.25) is 5.91 Å². The van der Waals surface area contributed by atoms with Gasteiger partial charge in [-0.1, -0.05) is 23.9 Å². The molecule has 1 N–H and O–H groups in total. The molecule has 1 saturated carbocycles. The number of aromatic nitrogens is 3. The Balaban J connectivity index is 1.40. The molecule has 0 unspecified atom stereocenters. The normalized spacial score (nSPS) is 14.0. The van der Waals surface area contributed by atoms with Crippen molar-refractivity contribution in [2.75, 3.05) is 11.1 Å². The zero-order chi connectivity index (χ0) is 22.5. The molecule has 0 atom stereocenters. The molecule has 4 rings (SSSR count). The largest absolute Gasteiger partial charge is 0.490 e. The molecule has 0 spiro atoms. The zero-order valence-corrected chi connectivity index (χ0v) is 19.7. The van der Waals surface area contributed by atoms with Crippen molar-refractivity contribution >= 4 is 23.4 Å². The Hall–Kier alpha value is -2.80. The fraction of sp³-hybridized carbons (Fsp3) is 0.400. The molecule has 0 saturated heterocycles. The lowest BCUT2D eigenvalue weighted by Gasteiger charge is -2.13. The molecule has 6 nitrogen and oxygen atoms in total. The third kappa shape index (κ3) is 5.33. The van der Waals surface area contributed by atoms with Crippen molar-refractivity contribution in [3.8, 4) is 17.1 Å². The van der Waals surface area contributed by atoms with Gasteiger partial charge in [-0.2, -0.15) is 0 Å². The molecule has 1 amide bonds. The number of hydrogen-bond donors (Lipinski definition) is 1. The van der Waals surface area contributed by atoms with E-state index in [1.165, 1.54) is 24.6 Å². The number of benzene rings is 2. The minimum Gasteiger partial charge on any atom is -0.490 e. The van der Waals surface area contributed by atoms with Crippen LogP contribution in [0.5, 0.6) is 5.75 Å². The maximum Gasteiger partial charge on any atom is 0.234 e. The van der Waals surface area contributed by atoms with Crippen LogP contribution >= 0.6 is 11.8 Å². The van der Waals surface area contributed by atoms with Crippen molar-refractivity contribution in [2.24, 2.45) is 0 Å². The number of hydrogen-bond acceptors (Lipinski definition) is 5. The smallest absolute Gasteiger partial charge is 0.234 e. The van der Waals surface area contributed by atoms with E-state index < -0.39 is 0 Å². The van der Waals surface area contributed by atoms with Crippen LogP contribution in [0.15, 0.2) is 47.6 Å². The highest BCUT2D eigenvalue weighted by atomic mass is 32.2. The van der Waals surface area contributed by atoms with Crippen LogP contribution in [0.25, 0.3) is 11.4 Å². The lowest BCUT2D eigenvalue weighted by Crippen LogP contribution is -2.15. The number of aryl methyl sites for hydroxylation is 2. The Morgan fingerprint density at radius 1 is 1.12 bits per heavy atom. The van der Waals surface area contributed by atoms with Gasteiger partial charge in [0.25, 0.3) is 0 Å². The van der Waals surface area contributed by atoms with E-state index in [1.54, 1.807) is 0 Å². The fourth-order valence-corrected chi connectivity index (χ4v) is 4.76. The van der Waals surface area contributed by atoms with Crippen molar-refractivity contribution in [3.63, 3.8) is 0 Å². The van der Waals surface area contributed by atoms with E-state index in [2.05, 4.69) is 22.4 Å². The summed E-state index contributed by atoms with van der Waals surface area (Å²) in [5, 5.41) is 12.5. The Morgan fingerprint density at radius 3 is 2.59 bits per heavy atom. The van der Waals surface area contributed by atoms with Gasteiger partial charge >= 0.3 is 0 Å². The van der Waals surface area contributed by atoms with Gasteiger partial charge in [0.05, 0.1) is 11.9 Å². The van der Waals surface area contributed by atoms with Crippen LogP contribution in [0.3, 0.4) is 0 Å². The van der Waals surface area contributed by atoms with Gasteiger partial charge in [0, 0.05) is 17.8 Å². The van der Waals surface area contributed by atoms with E-state index >= 15 is 0 Å². The molecule has 1 aromatic heterocycles. The summed E-state index contributed by atoms with van der Waals surface area (Å²) >= 11 is 1.40. The van der Waals surface area contributed by atoms with E-state index in [9.17, 15) is 4.79 Å². The predicted octanol–water partition coefficient (Wildman–Crippen LogP) is 5.63. The molecular weight excluding hydrogens is 420 g/mol. The monoisotopic (exact) mass is 450 g/mol. The molecule has 0 radical (unpaired) electrons. The maximum absolute atomic E-state index is 12.5. The summed E-state index contributed by atoms with van der Waals surface area (Å²) in [5.74, 6) is 1.93. The highest BCUT2D eigenvalue weighted by molar-refractivity contribution is 7.99. The third-order valence-electron chi connectivity index (χ3n) is 5.75. The SMILES string of the molecule is CCn1c(SCC(=O)Nc2cc(C)ccc2C)nnc1-c1ccc(OC2CCCC2)cc1. The summed E-state index contributed by atoms with van der Waals surface area (Å²) in [6.07, 6.45) is 5.14. The summed E-state index contributed by atoms with van der Waals surface area (Å²) in [6.45, 7) is 6.79. The van der Waals surface area contributed by atoms with Gasteiger partial charge in [0.1, 0.15) is 5.75 Å². The second kappa shape index (κ2) is 10.2. The van der Waals surface area contributed by atoms with Crippen LogP contribution in [0.1, 0.15) is 43.7 Å². The average Bonchev–Trinajstić information content (AvgIpc) is 3.45. The number of carbonyl (C=O) groups excluding carboxylic acids is 1. The standard InChI is InChI=1S/C25H30N4O2S/c1-4-29-24(19-11-13-21(14-12-19)31-20-7-5-6-8-20)27-28-25(29)32-16-23(30)26-22-15-17(2)9-10-18(22)3/h9-15,20H,4-8,16H2,1-3H3,(H,26,30). The Kier molecular flexibility index (Phi) is 7.15. The van der Waals surface area contributed by atoms with E-state index in [-0.39, 0.29) is 11.7 Å². The molecule has 7 heteroatoms. The number of nitrogens with zero attached hydrogens (tertiary/aromatic N) is 3. The van der Waals surface area contributed by atoms with Crippen molar-refractivity contribution in [2.45, 2.75) is 64.3 Å². The van der Waals surface area contributed by atoms with Crippen molar-refractivity contribution in [3.05, 3.63) is 53.6 Å². The first-order chi connectivity index (χ1) is 15.5. The second-order valence-corrected chi connectivity index (χ2v) is 9.20. The summed E-state index contributed by atoms with van der Waals surface area (Å²) in [7, 11) is 0. The number of thioether (sulfide) groups is 1. The minimum atomic E-state index is -0.0516. The highest BCUT2D eigenvalue weighted by Gasteiger charge is 2.18. The Labute approximate surface area is 193 Å². The van der Waals surface area contributed by atoms with E-state index in [1.807, 2.05) is 60.9 Å². The Morgan fingerprint density at radius 2 is 1.88 bits per heavy atom. The highest BCUT2D eigenvalue weighted by Crippen LogP contribution is 2.28. The number of anilines is 1. The lowest BCUT2D eigenvalue weighted by molar-refractivity contribution is -0.113. The average molecular weight is 451 g/mol. The van der Waals surface area contributed by atoms with Crippen molar-refractivity contribution in [1.82, 2.24) is 14.8 Å². The van der Waals surface area contributed by atoms with Gasteiger partial charge in [-0.3, -0.25) is 4.79 Å². The van der Waals surface area contributed by atoms with Gasteiger partial charge in [-0.15, -0.1) is 10.2 Å². The first kappa shape index (κ1) is 22.4. The third-order valence-corrected chi connectivity index (χ3v) is 6.72. The van der Waals surface area contributed by atoms with Crippen LogP contribution < -0.4 is 10.1 Å². The van der Waals surface area contributed by atoms with E-state index in [0.717, 1.165) is 58.5 Å². The second-order valence-electron chi connectivity index (χ2n) is 8.25. The van der Waals surface area contributed by atoms with Crippen molar-refractivity contribution in [1.29, 1.82) is 0 Å². The Bertz CT molecular complexity index is 1070. The quantitative estimate of drug-likeness (QED) is 0.450. The van der Waals surface area contributed by atoms with Crippen LogP contribution in [0.2, 0.25) is 0 Å². The molecule has 3 aromatic rings. The van der Waals surface area contributed by atoms with Crippen LogP contribution in [-0.2, 0) is 11.3 Å². The zero-order valence-electron chi connectivity index (χ0n) is 18.9. The molecule has 1 heterocycles. The first-order valence-corrected chi connectivity index (χ1v) is 12.2. The minimum absolute atomic E-state index is 0.0516. The molecule has 1 aliphatic rings. The molecule has 2 aromatic carbocycles. The number of nitrogens with one attached hydrogen (secondary N) is 1. The number of ether oxygens (including phenoxy) is 1.